The molecule has 0 N–H and O–H groups in total. The molecule has 1 heterocycles. The molecule has 0 bridgehead atoms. The highest BCUT2D eigenvalue weighted by Gasteiger charge is 2.18. The highest BCUT2D eigenvalue weighted by Crippen LogP contribution is 2.15. The van der Waals surface area contributed by atoms with Crippen LogP contribution in [0.15, 0.2) is 41.8 Å². The van der Waals surface area contributed by atoms with Crippen LogP contribution in [0.1, 0.15) is 21.7 Å². The molecule has 1 aromatic heterocycles. The van der Waals surface area contributed by atoms with E-state index in [2.05, 4.69) is 4.74 Å². The number of nitrogens with zero attached hydrogens (tertiary/aromatic N) is 1. The zero-order valence-electron chi connectivity index (χ0n) is 13.9. The lowest BCUT2D eigenvalue weighted by Gasteiger charge is -2.21. The first kappa shape index (κ1) is 18.0. The second kappa shape index (κ2) is 9.08. The van der Waals surface area contributed by atoms with Crippen molar-refractivity contribution in [2.24, 2.45) is 0 Å². The molecular formula is C18H21NO4S. The van der Waals surface area contributed by atoms with Crippen molar-refractivity contribution in [3.63, 3.8) is 0 Å². The summed E-state index contributed by atoms with van der Waals surface area (Å²) in [6, 6.07) is 11.4. The molecule has 0 spiro atoms. The van der Waals surface area contributed by atoms with E-state index in [0.717, 1.165) is 11.3 Å². The summed E-state index contributed by atoms with van der Waals surface area (Å²) >= 11 is 1.40. The molecule has 0 atom stereocenters. The van der Waals surface area contributed by atoms with Gasteiger partial charge in [-0.25, -0.2) is 0 Å². The molecule has 0 saturated carbocycles. The number of hydrogen-bond donors (Lipinski definition) is 0. The van der Waals surface area contributed by atoms with E-state index in [9.17, 15) is 9.59 Å². The lowest BCUT2D eigenvalue weighted by atomic mass is 10.1. The number of carbonyl (C=O) groups excluding carboxylic acids is 2. The Morgan fingerprint density at radius 2 is 1.83 bits per heavy atom. The van der Waals surface area contributed by atoms with Gasteiger partial charge in [-0.1, -0.05) is 18.2 Å². The smallest absolute Gasteiger partial charge is 0.307 e. The van der Waals surface area contributed by atoms with Gasteiger partial charge in [0.1, 0.15) is 5.75 Å². The Hall–Kier alpha value is -2.34. The van der Waals surface area contributed by atoms with E-state index in [4.69, 9.17) is 4.74 Å². The Kier molecular flexibility index (Phi) is 6.81. The van der Waals surface area contributed by atoms with Crippen molar-refractivity contribution in [2.45, 2.75) is 12.8 Å². The summed E-state index contributed by atoms with van der Waals surface area (Å²) in [5.41, 5.74) is 1.11. The molecule has 0 aliphatic heterocycles. The molecule has 5 nitrogen and oxygen atoms in total. The minimum atomic E-state index is -0.316. The Labute approximate surface area is 145 Å². The monoisotopic (exact) mass is 347 g/mol. The van der Waals surface area contributed by atoms with Gasteiger partial charge in [-0.05, 0) is 35.6 Å². The van der Waals surface area contributed by atoms with Crippen molar-refractivity contribution in [3.8, 4) is 5.75 Å². The maximum atomic E-state index is 12.6. The minimum Gasteiger partial charge on any atom is -0.497 e. The van der Waals surface area contributed by atoms with E-state index in [0.29, 0.717) is 24.4 Å². The van der Waals surface area contributed by atoms with Crippen LogP contribution in [0.5, 0.6) is 5.75 Å². The first-order valence-corrected chi connectivity index (χ1v) is 8.54. The third-order valence-corrected chi connectivity index (χ3v) is 4.52. The van der Waals surface area contributed by atoms with Gasteiger partial charge in [0.2, 0.25) is 0 Å². The molecule has 24 heavy (non-hydrogen) atoms. The predicted molar refractivity (Wildman–Crippen MR) is 93.6 cm³/mol. The van der Waals surface area contributed by atoms with Gasteiger partial charge in [0.25, 0.3) is 5.91 Å². The molecule has 2 rings (SSSR count). The van der Waals surface area contributed by atoms with E-state index < -0.39 is 0 Å². The Morgan fingerprint density at radius 3 is 2.42 bits per heavy atom. The van der Waals surface area contributed by atoms with Gasteiger partial charge in [-0.15, -0.1) is 11.3 Å². The normalized spacial score (nSPS) is 10.2. The molecular weight excluding hydrogens is 326 g/mol. The Morgan fingerprint density at radius 1 is 1.08 bits per heavy atom. The summed E-state index contributed by atoms with van der Waals surface area (Å²) < 4.78 is 9.82. The van der Waals surface area contributed by atoms with Crippen LogP contribution in [0.25, 0.3) is 0 Å². The molecule has 0 radical (unpaired) electrons. The standard InChI is InChI=1S/C18H21NO4S/c1-22-15-7-5-14(6-8-15)9-11-19(12-10-17(20)23-2)18(21)16-4-3-13-24-16/h3-8,13H,9-12H2,1-2H3. The number of methoxy groups -OCH3 is 2. The number of carbonyl (C=O) groups is 2. The van der Waals surface area contributed by atoms with Crippen LogP contribution in [0.3, 0.4) is 0 Å². The average molecular weight is 347 g/mol. The van der Waals surface area contributed by atoms with Crippen LogP contribution >= 0.6 is 11.3 Å². The molecule has 2 aromatic rings. The van der Waals surface area contributed by atoms with Crippen molar-refractivity contribution >= 4 is 23.2 Å². The molecule has 0 aliphatic carbocycles. The van der Waals surface area contributed by atoms with E-state index >= 15 is 0 Å². The number of rotatable bonds is 8. The fourth-order valence-corrected chi connectivity index (χ4v) is 2.95. The van der Waals surface area contributed by atoms with Gasteiger partial charge in [-0.3, -0.25) is 9.59 Å². The molecule has 128 valence electrons. The van der Waals surface area contributed by atoms with Crippen molar-refractivity contribution < 1.29 is 19.1 Å². The maximum Gasteiger partial charge on any atom is 0.307 e. The molecule has 0 fully saturated rings. The van der Waals surface area contributed by atoms with Crippen LogP contribution in [-0.4, -0.2) is 44.1 Å². The van der Waals surface area contributed by atoms with E-state index in [1.54, 1.807) is 18.1 Å². The highest BCUT2D eigenvalue weighted by atomic mass is 32.1. The Balaban J connectivity index is 2.01. The van der Waals surface area contributed by atoms with Crippen LogP contribution in [0.4, 0.5) is 0 Å². The topological polar surface area (TPSA) is 55.8 Å². The quantitative estimate of drug-likeness (QED) is 0.689. The number of ether oxygens (including phenoxy) is 2. The van der Waals surface area contributed by atoms with Gasteiger partial charge in [0.05, 0.1) is 25.5 Å². The van der Waals surface area contributed by atoms with Gasteiger partial charge in [-0.2, -0.15) is 0 Å². The van der Waals surface area contributed by atoms with Crippen molar-refractivity contribution in [1.29, 1.82) is 0 Å². The van der Waals surface area contributed by atoms with Gasteiger partial charge in [0.15, 0.2) is 0 Å². The first-order chi connectivity index (χ1) is 11.6. The van der Waals surface area contributed by atoms with Gasteiger partial charge >= 0.3 is 5.97 Å². The summed E-state index contributed by atoms with van der Waals surface area (Å²) in [7, 11) is 2.98. The molecule has 0 aliphatic rings. The third-order valence-electron chi connectivity index (χ3n) is 3.66. The number of hydrogen-bond acceptors (Lipinski definition) is 5. The minimum absolute atomic E-state index is 0.0533. The maximum absolute atomic E-state index is 12.6. The zero-order chi connectivity index (χ0) is 17.4. The molecule has 1 amide bonds. The van der Waals surface area contributed by atoms with Crippen LogP contribution in [0, 0.1) is 0 Å². The van der Waals surface area contributed by atoms with Crippen LogP contribution in [0.2, 0.25) is 0 Å². The van der Waals surface area contributed by atoms with Crippen molar-refractivity contribution in [1.82, 2.24) is 4.90 Å². The number of amides is 1. The summed E-state index contributed by atoms with van der Waals surface area (Å²) in [6.45, 7) is 0.889. The average Bonchev–Trinajstić information content (AvgIpc) is 3.16. The van der Waals surface area contributed by atoms with Crippen LogP contribution in [-0.2, 0) is 16.0 Å². The fraction of sp³-hybridized carbons (Fsp3) is 0.333. The van der Waals surface area contributed by atoms with E-state index in [-0.39, 0.29) is 18.3 Å². The van der Waals surface area contributed by atoms with Gasteiger partial charge in [0, 0.05) is 13.1 Å². The summed E-state index contributed by atoms with van der Waals surface area (Å²) in [6.07, 6.45) is 0.901. The number of thiophene rings is 1. The Bertz CT molecular complexity index is 652. The molecule has 1 aromatic carbocycles. The van der Waals surface area contributed by atoms with Crippen molar-refractivity contribution in [2.75, 3.05) is 27.3 Å². The first-order valence-electron chi connectivity index (χ1n) is 7.66. The fourth-order valence-electron chi connectivity index (χ4n) is 2.26. The highest BCUT2D eigenvalue weighted by molar-refractivity contribution is 7.12. The lowest BCUT2D eigenvalue weighted by molar-refractivity contribution is -0.140. The summed E-state index contributed by atoms with van der Waals surface area (Å²) in [5.74, 6) is 0.432. The second-order valence-corrected chi connectivity index (χ2v) is 6.14. The van der Waals surface area contributed by atoms with Gasteiger partial charge < -0.3 is 14.4 Å². The summed E-state index contributed by atoms with van der Waals surface area (Å²) in [4.78, 5) is 26.4. The second-order valence-electron chi connectivity index (χ2n) is 5.19. The molecule has 0 unspecified atom stereocenters. The molecule has 0 saturated heterocycles. The largest absolute Gasteiger partial charge is 0.497 e. The molecule has 6 heteroatoms. The van der Waals surface area contributed by atoms with E-state index in [1.807, 2.05) is 35.7 Å². The van der Waals surface area contributed by atoms with Crippen molar-refractivity contribution in [3.05, 3.63) is 52.2 Å². The van der Waals surface area contributed by atoms with E-state index in [1.165, 1.54) is 18.4 Å². The number of benzene rings is 1. The number of esters is 1. The third kappa shape index (κ3) is 5.09. The zero-order valence-corrected chi connectivity index (χ0v) is 14.7. The SMILES string of the molecule is COC(=O)CCN(CCc1ccc(OC)cc1)C(=O)c1cccs1. The predicted octanol–water partition coefficient (Wildman–Crippen LogP) is 3.00. The lowest BCUT2D eigenvalue weighted by Crippen LogP contribution is -2.34. The van der Waals surface area contributed by atoms with Crippen LogP contribution < -0.4 is 4.74 Å². The summed E-state index contributed by atoms with van der Waals surface area (Å²) in [5, 5.41) is 1.87.